The minimum absolute atomic E-state index is 0.460. The molecule has 11 nitrogen and oxygen atoms in total. The lowest BCUT2D eigenvalue weighted by Crippen LogP contribution is -2.50. The van der Waals surface area contributed by atoms with Gasteiger partial charge >= 0.3 is 12.1 Å². The molecule has 0 fully saturated rings. The monoisotopic (exact) mass is 417 g/mol. The summed E-state index contributed by atoms with van der Waals surface area (Å²) in [6, 6.07) is 3.26. The maximum absolute atomic E-state index is 12.9. The molecule has 1 unspecified atom stereocenters. The number of esters is 1. The average Bonchev–Trinajstić information content (AvgIpc) is 2.59. The minimum Gasteiger partial charge on any atom is -0.468 e. The zero-order valence-corrected chi connectivity index (χ0v) is 17.0. The fraction of sp³-hybridized carbons (Fsp3) is 0.500. The van der Waals surface area contributed by atoms with Gasteiger partial charge in [0.15, 0.2) is 4.90 Å². The van der Waals surface area contributed by atoms with Gasteiger partial charge in [0.2, 0.25) is 0 Å². The second kappa shape index (κ2) is 8.97. The summed E-state index contributed by atoms with van der Waals surface area (Å²) in [7, 11) is -2.34. The number of para-hydroxylation sites is 1. The molecule has 0 aromatic heterocycles. The van der Waals surface area contributed by atoms with Crippen molar-refractivity contribution < 1.29 is 32.4 Å². The molecule has 1 aromatic carbocycles. The molecule has 0 spiro atoms. The number of nitrogens with one attached hydrogen (secondary N) is 1. The normalized spacial score (nSPS) is 12.9. The van der Waals surface area contributed by atoms with Crippen LogP contribution in [0.4, 0.5) is 10.5 Å². The SMILES string of the molecule is COC(=O)C(CNC(=O)OC(C)(C)C)N(C)S(=O)(=O)c1ccccc1[N+](=O)[O-]. The molecular weight excluding hydrogens is 394 g/mol. The van der Waals surface area contributed by atoms with Crippen molar-refractivity contribution in [2.45, 2.75) is 37.3 Å². The number of methoxy groups -OCH3 is 1. The van der Waals surface area contributed by atoms with E-state index in [0.29, 0.717) is 4.31 Å². The number of alkyl carbamates (subject to hydrolysis) is 1. The summed E-state index contributed by atoms with van der Waals surface area (Å²) in [4.78, 5) is 33.6. The molecule has 12 heteroatoms. The van der Waals surface area contributed by atoms with Crippen LogP contribution in [0.3, 0.4) is 0 Å². The van der Waals surface area contributed by atoms with E-state index in [0.717, 1.165) is 26.3 Å². The minimum atomic E-state index is -4.45. The third kappa shape index (κ3) is 5.89. The van der Waals surface area contributed by atoms with E-state index in [1.165, 1.54) is 12.1 Å². The van der Waals surface area contributed by atoms with Crippen LogP contribution in [0, 0.1) is 10.1 Å². The van der Waals surface area contributed by atoms with Gasteiger partial charge in [-0.15, -0.1) is 0 Å². The molecule has 156 valence electrons. The van der Waals surface area contributed by atoms with Crippen LogP contribution in [0.1, 0.15) is 20.8 Å². The number of likely N-dealkylation sites (N-methyl/N-ethyl adjacent to an activating group) is 1. The average molecular weight is 417 g/mol. The van der Waals surface area contributed by atoms with Crippen LogP contribution in [-0.4, -0.2) is 62.1 Å². The van der Waals surface area contributed by atoms with E-state index in [2.05, 4.69) is 10.1 Å². The van der Waals surface area contributed by atoms with E-state index in [4.69, 9.17) is 4.74 Å². The lowest BCUT2D eigenvalue weighted by Gasteiger charge is -2.26. The molecule has 0 heterocycles. The van der Waals surface area contributed by atoms with Crippen molar-refractivity contribution >= 4 is 27.8 Å². The Hall–Kier alpha value is -2.73. The van der Waals surface area contributed by atoms with Crippen LogP contribution in [-0.2, 0) is 24.3 Å². The largest absolute Gasteiger partial charge is 0.468 e. The van der Waals surface area contributed by atoms with Gasteiger partial charge in [-0.25, -0.2) is 13.2 Å². The number of ether oxygens (including phenoxy) is 2. The highest BCUT2D eigenvalue weighted by Gasteiger charge is 2.37. The summed E-state index contributed by atoms with van der Waals surface area (Å²) in [5.74, 6) is -0.958. The number of benzene rings is 1. The molecule has 0 bridgehead atoms. The first kappa shape index (κ1) is 23.3. The molecule has 1 aromatic rings. The molecule has 0 aliphatic rings. The summed E-state index contributed by atoms with van der Waals surface area (Å²) in [6.45, 7) is 4.44. The molecule has 28 heavy (non-hydrogen) atoms. The quantitative estimate of drug-likeness (QED) is 0.397. The predicted octanol–water partition coefficient (Wildman–Crippen LogP) is 1.28. The highest BCUT2D eigenvalue weighted by molar-refractivity contribution is 7.89. The van der Waals surface area contributed by atoms with Crippen LogP contribution in [0.15, 0.2) is 29.2 Å². The number of carbonyl (C=O) groups is 2. The summed E-state index contributed by atoms with van der Waals surface area (Å²) in [5.41, 5.74) is -1.44. The number of carbonyl (C=O) groups excluding carboxylic acids is 2. The number of sulfonamides is 1. The zero-order valence-electron chi connectivity index (χ0n) is 16.2. The van der Waals surface area contributed by atoms with Crippen LogP contribution >= 0.6 is 0 Å². The van der Waals surface area contributed by atoms with Gasteiger partial charge < -0.3 is 14.8 Å². The first-order valence-corrected chi connectivity index (χ1v) is 9.51. The molecule has 1 rings (SSSR count). The van der Waals surface area contributed by atoms with Crippen LogP contribution in [0.5, 0.6) is 0 Å². The molecule has 0 aliphatic heterocycles. The smallest absolute Gasteiger partial charge is 0.407 e. The van der Waals surface area contributed by atoms with Crippen molar-refractivity contribution in [3.05, 3.63) is 34.4 Å². The van der Waals surface area contributed by atoms with Gasteiger partial charge in [0, 0.05) is 19.7 Å². The number of hydrogen-bond acceptors (Lipinski definition) is 8. The Balaban J connectivity index is 3.17. The van der Waals surface area contributed by atoms with Gasteiger partial charge in [-0.05, 0) is 26.8 Å². The number of rotatable bonds is 7. The first-order valence-electron chi connectivity index (χ1n) is 8.07. The number of nitrogens with zero attached hydrogens (tertiary/aromatic N) is 2. The molecule has 0 aliphatic carbocycles. The summed E-state index contributed by atoms with van der Waals surface area (Å²) in [5, 5.41) is 13.5. The third-order valence-corrected chi connectivity index (χ3v) is 5.38. The van der Waals surface area contributed by atoms with Gasteiger partial charge in [-0.3, -0.25) is 14.9 Å². The van der Waals surface area contributed by atoms with Crippen molar-refractivity contribution in [2.24, 2.45) is 0 Å². The summed E-state index contributed by atoms with van der Waals surface area (Å²) < 4.78 is 36.0. The van der Waals surface area contributed by atoms with Crippen molar-refractivity contribution in [3.63, 3.8) is 0 Å². The molecule has 1 N–H and O–H groups in total. The van der Waals surface area contributed by atoms with Crippen LogP contribution in [0.25, 0.3) is 0 Å². The maximum Gasteiger partial charge on any atom is 0.407 e. The summed E-state index contributed by atoms with van der Waals surface area (Å²) in [6.07, 6.45) is -0.863. The van der Waals surface area contributed by atoms with Crippen molar-refractivity contribution in [1.29, 1.82) is 0 Å². The molecule has 0 saturated heterocycles. The third-order valence-electron chi connectivity index (χ3n) is 3.47. The van der Waals surface area contributed by atoms with E-state index >= 15 is 0 Å². The fourth-order valence-electron chi connectivity index (χ4n) is 2.14. The Bertz CT molecular complexity index is 848. The topological polar surface area (TPSA) is 145 Å². The molecule has 0 radical (unpaired) electrons. The highest BCUT2D eigenvalue weighted by atomic mass is 32.2. The van der Waals surface area contributed by atoms with Crippen molar-refractivity contribution in [2.75, 3.05) is 20.7 Å². The molecule has 1 atom stereocenters. The lowest BCUT2D eigenvalue weighted by molar-refractivity contribution is -0.387. The van der Waals surface area contributed by atoms with Crippen molar-refractivity contribution in [1.82, 2.24) is 9.62 Å². The van der Waals surface area contributed by atoms with Crippen LogP contribution < -0.4 is 5.32 Å². The summed E-state index contributed by atoms with van der Waals surface area (Å²) >= 11 is 0. The van der Waals surface area contributed by atoms with Gasteiger partial charge in [-0.2, -0.15) is 4.31 Å². The standard InChI is InChI=1S/C16H23N3O8S/c1-16(2,3)27-15(21)17-10-12(14(20)26-5)18(4)28(24,25)13-9-7-6-8-11(13)19(22)23/h6-9,12H,10H2,1-5H3,(H,17,21). The van der Waals surface area contributed by atoms with E-state index < -0.39 is 55.8 Å². The lowest BCUT2D eigenvalue weighted by atomic mass is 10.2. The first-order chi connectivity index (χ1) is 12.8. The van der Waals surface area contributed by atoms with Gasteiger partial charge in [-0.1, -0.05) is 12.1 Å². The zero-order chi connectivity index (χ0) is 21.7. The van der Waals surface area contributed by atoms with Gasteiger partial charge in [0.25, 0.3) is 15.7 Å². The Morgan fingerprint density at radius 1 is 1.29 bits per heavy atom. The Morgan fingerprint density at radius 3 is 2.36 bits per heavy atom. The molecule has 0 saturated carbocycles. The van der Waals surface area contributed by atoms with Crippen molar-refractivity contribution in [3.8, 4) is 0 Å². The fourth-order valence-corrected chi connectivity index (χ4v) is 3.60. The number of nitro groups is 1. The Kier molecular flexibility index (Phi) is 7.47. The molecular formula is C16H23N3O8S. The maximum atomic E-state index is 12.9. The Labute approximate surface area is 162 Å². The van der Waals surface area contributed by atoms with Gasteiger partial charge in [0.05, 0.1) is 12.0 Å². The number of nitro benzene ring substituents is 1. The Morgan fingerprint density at radius 2 is 1.86 bits per heavy atom. The van der Waals surface area contributed by atoms with Crippen LogP contribution in [0.2, 0.25) is 0 Å². The van der Waals surface area contributed by atoms with E-state index in [1.807, 2.05) is 0 Å². The van der Waals surface area contributed by atoms with E-state index in [1.54, 1.807) is 20.8 Å². The molecule has 1 amide bonds. The number of hydrogen-bond donors (Lipinski definition) is 1. The van der Waals surface area contributed by atoms with E-state index in [9.17, 15) is 28.1 Å². The van der Waals surface area contributed by atoms with E-state index in [-0.39, 0.29) is 0 Å². The second-order valence-electron chi connectivity index (χ2n) is 6.67. The predicted molar refractivity (Wildman–Crippen MR) is 98.1 cm³/mol. The second-order valence-corrected chi connectivity index (χ2v) is 8.63. The number of amides is 1. The van der Waals surface area contributed by atoms with Gasteiger partial charge in [0.1, 0.15) is 11.6 Å². The highest BCUT2D eigenvalue weighted by Crippen LogP contribution is 2.26.